The summed E-state index contributed by atoms with van der Waals surface area (Å²) in [6.45, 7) is 6.59. The van der Waals surface area contributed by atoms with E-state index in [1.807, 2.05) is 16.7 Å². The molecule has 2 N–H and O–H groups in total. The molecule has 4 heteroatoms. The van der Waals surface area contributed by atoms with Gasteiger partial charge in [-0.25, -0.2) is 4.98 Å². The molecule has 0 aliphatic carbocycles. The number of anilines is 1. The van der Waals surface area contributed by atoms with Crippen LogP contribution in [0.1, 0.15) is 45.2 Å². The molecule has 0 saturated heterocycles. The fourth-order valence-corrected chi connectivity index (χ4v) is 2.35. The largest absolute Gasteiger partial charge is 0.369 e. The molecule has 0 spiro atoms. The van der Waals surface area contributed by atoms with E-state index in [0.29, 0.717) is 23.5 Å². The van der Waals surface area contributed by atoms with Gasteiger partial charge in [0.05, 0.1) is 22.7 Å². The summed E-state index contributed by atoms with van der Waals surface area (Å²) in [5, 5.41) is 9.00. The Morgan fingerprint density at radius 3 is 2.68 bits per heavy atom. The van der Waals surface area contributed by atoms with E-state index >= 15 is 0 Å². The Hall–Kier alpha value is -2.02. The third kappa shape index (κ3) is 2.70. The molecule has 0 fully saturated rings. The molecule has 0 saturated carbocycles. The Labute approximate surface area is 113 Å². The summed E-state index contributed by atoms with van der Waals surface area (Å²) in [4.78, 5) is 4.37. The summed E-state index contributed by atoms with van der Waals surface area (Å²) in [6, 6.07) is 7.95. The summed E-state index contributed by atoms with van der Waals surface area (Å²) in [6.07, 6.45) is 2.21. The van der Waals surface area contributed by atoms with Crippen LogP contribution in [-0.2, 0) is 0 Å². The SMILES string of the molecule is CC(C)CCC(C)n1c(N)nc2ccc(C#N)cc21. The van der Waals surface area contributed by atoms with Crippen LogP contribution in [0.3, 0.4) is 0 Å². The lowest BCUT2D eigenvalue weighted by Gasteiger charge is -2.17. The second-order valence-electron chi connectivity index (χ2n) is 5.48. The van der Waals surface area contributed by atoms with Crippen LogP contribution in [-0.4, -0.2) is 9.55 Å². The second-order valence-corrected chi connectivity index (χ2v) is 5.48. The minimum Gasteiger partial charge on any atom is -0.369 e. The zero-order valence-corrected chi connectivity index (χ0v) is 11.7. The number of rotatable bonds is 4. The maximum absolute atomic E-state index is 9.00. The van der Waals surface area contributed by atoms with E-state index in [-0.39, 0.29) is 0 Å². The summed E-state index contributed by atoms with van der Waals surface area (Å²) >= 11 is 0. The highest BCUT2D eigenvalue weighted by Gasteiger charge is 2.14. The standard InChI is InChI=1S/C15H20N4/c1-10(2)4-5-11(3)19-14-8-12(9-16)6-7-13(14)18-15(19)17/h6-8,10-11H,4-5H2,1-3H3,(H2,17,18). The first-order chi connectivity index (χ1) is 9.02. The van der Waals surface area contributed by atoms with Gasteiger partial charge in [-0.3, -0.25) is 0 Å². The van der Waals surface area contributed by atoms with Crippen LogP contribution in [0.25, 0.3) is 11.0 Å². The van der Waals surface area contributed by atoms with Gasteiger partial charge in [0.15, 0.2) is 0 Å². The van der Waals surface area contributed by atoms with Crippen molar-refractivity contribution >= 4 is 17.0 Å². The van der Waals surface area contributed by atoms with Gasteiger partial charge in [-0.2, -0.15) is 5.26 Å². The van der Waals surface area contributed by atoms with Crippen molar-refractivity contribution in [1.82, 2.24) is 9.55 Å². The second kappa shape index (κ2) is 5.31. The smallest absolute Gasteiger partial charge is 0.201 e. The molecule has 0 aliphatic rings. The molecule has 1 unspecified atom stereocenters. The molecule has 2 aromatic rings. The summed E-state index contributed by atoms with van der Waals surface area (Å²) < 4.78 is 2.04. The first kappa shape index (κ1) is 13.4. The lowest BCUT2D eigenvalue weighted by Crippen LogP contribution is -2.09. The minimum absolute atomic E-state index is 0.293. The highest BCUT2D eigenvalue weighted by atomic mass is 15.2. The molecule has 0 bridgehead atoms. The molecule has 1 atom stereocenters. The number of fused-ring (bicyclic) bond motifs is 1. The summed E-state index contributed by atoms with van der Waals surface area (Å²) in [7, 11) is 0. The molecule has 0 aliphatic heterocycles. The monoisotopic (exact) mass is 256 g/mol. The van der Waals surface area contributed by atoms with Crippen LogP contribution in [0.2, 0.25) is 0 Å². The maximum atomic E-state index is 9.00. The van der Waals surface area contributed by atoms with Crippen molar-refractivity contribution in [3.05, 3.63) is 23.8 Å². The van der Waals surface area contributed by atoms with Crippen molar-refractivity contribution < 1.29 is 0 Å². The van der Waals surface area contributed by atoms with Gasteiger partial charge in [-0.1, -0.05) is 13.8 Å². The van der Waals surface area contributed by atoms with Crippen molar-refractivity contribution in [3.8, 4) is 6.07 Å². The lowest BCUT2D eigenvalue weighted by molar-refractivity contribution is 0.450. The quantitative estimate of drug-likeness (QED) is 0.910. The molecule has 19 heavy (non-hydrogen) atoms. The number of aromatic nitrogens is 2. The first-order valence-electron chi connectivity index (χ1n) is 6.70. The van der Waals surface area contributed by atoms with E-state index < -0.39 is 0 Å². The van der Waals surface area contributed by atoms with Gasteiger partial charge in [0.2, 0.25) is 5.95 Å². The Balaban J connectivity index is 2.41. The third-order valence-electron chi connectivity index (χ3n) is 3.45. The number of nitriles is 1. The minimum atomic E-state index is 0.293. The van der Waals surface area contributed by atoms with Gasteiger partial charge in [-0.15, -0.1) is 0 Å². The van der Waals surface area contributed by atoms with Crippen LogP contribution in [0.15, 0.2) is 18.2 Å². The van der Waals surface area contributed by atoms with Crippen molar-refractivity contribution in [2.75, 3.05) is 5.73 Å². The topological polar surface area (TPSA) is 67.6 Å². The Morgan fingerprint density at radius 1 is 1.32 bits per heavy atom. The summed E-state index contributed by atoms with van der Waals surface area (Å²) in [5.41, 5.74) is 8.47. The summed E-state index contributed by atoms with van der Waals surface area (Å²) in [5.74, 6) is 1.20. The first-order valence-corrected chi connectivity index (χ1v) is 6.70. The van der Waals surface area contributed by atoms with Gasteiger partial charge in [0.25, 0.3) is 0 Å². The molecule has 0 amide bonds. The molecule has 0 radical (unpaired) electrons. The molecule has 4 nitrogen and oxygen atoms in total. The predicted molar refractivity (Wildman–Crippen MR) is 77.6 cm³/mol. The lowest BCUT2D eigenvalue weighted by atomic mass is 10.0. The third-order valence-corrected chi connectivity index (χ3v) is 3.45. The van der Waals surface area contributed by atoms with Gasteiger partial charge in [-0.05, 0) is 43.9 Å². The van der Waals surface area contributed by atoms with E-state index in [1.54, 1.807) is 6.07 Å². The molecule has 1 aromatic carbocycles. The van der Waals surface area contributed by atoms with Crippen molar-refractivity contribution in [3.63, 3.8) is 0 Å². The number of nitrogen functional groups attached to an aromatic ring is 1. The average molecular weight is 256 g/mol. The number of benzene rings is 1. The maximum Gasteiger partial charge on any atom is 0.201 e. The molecular weight excluding hydrogens is 236 g/mol. The van der Waals surface area contributed by atoms with Gasteiger partial charge >= 0.3 is 0 Å². The van der Waals surface area contributed by atoms with E-state index in [4.69, 9.17) is 11.0 Å². The normalized spacial score (nSPS) is 12.8. The molecule has 1 aromatic heterocycles. The number of hydrogen-bond acceptors (Lipinski definition) is 3. The Morgan fingerprint density at radius 2 is 2.05 bits per heavy atom. The van der Waals surface area contributed by atoms with Gasteiger partial charge in [0, 0.05) is 6.04 Å². The Kier molecular flexibility index (Phi) is 3.75. The van der Waals surface area contributed by atoms with Gasteiger partial charge in [0.1, 0.15) is 0 Å². The van der Waals surface area contributed by atoms with Crippen molar-refractivity contribution in [2.45, 2.75) is 39.7 Å². The zero-order chi connectivity index (χ0) is 14.0. The van der Waals surface area contributed by atoms with E-state index in [0.717, 1.165) is 23.9 Å². The molecule has 2 rings (SSSR count). The molecule has 100 valence electrons. The van der Waals surface area contributed by atoms with E-state index in [2.05, 4.69) is 31.8 Å². The van der Waals surface area contributed by atoms with Crippen LogP contribution in [0, 0.1) is 17.2 Å². The number of imidazole rings is 1. The number of nitrogens with two attached hydrogens (primary N) is 1. The van der Waals surface area contributed by atoms with Crippen LogP contribution < -0.4 is 5.73 Å². The number of nitrogens with zero attached hydrogens (tertiary/aromatic N) is 3. The predicted octanol–water partition coefficient (Wildman–Crippen LogP) is 3.49. The zero-order valence-electron chi connectivity index (χ0n) is 11.7. The fourth-order valence-electron chi connectivity index (χ4n) is 2.35. The Bertz CT molecular complexity index is 619. The van der Waals surface area contributed by atoms with Crippen molar-refractivity contribution in [1.29, 1.82) is 5.26 Å². The fraction of sp³-hybridized carbons (Fsp3) is 0.467. The number of hydrogen-bond donors (Lipinski definition) is 1. The average Bonchev–Trinajstić information content (AvgIpc) is 2.70. The van der Waals surface area contributed by atoms with Crippen LogP contribution in [0.5, 0.6) is 0 Å². The highest BCUT2D eigenvalue weighted by Crippen LogP contribution is 2.27. The van der Waals surface area contributed by atoms with Crippen LogP contribution in [0.4, 0.5) is 5.95 Å². The highest BCUT2D eigenvalue weighted by molar-refractivity contribution is 5.80. The van der Waals surface area contributed by atoms with Crippen LogP contribution >= 0.6 is 0 Å². The molecular formula is C15H20N4. The van der Waals surface area contributed by atoms with Gasteiger partial charge < -0.3 is 10.3 Å². The van der Waals surface area contributed by atoms with Crippen molar-refractivity contribution in [2.24, 2.45) is 5.92 Å². The molecule has 1 heterocycles. The van der Waals surface area contributed by atoms with E-state index in [1.165, 1.54) is 0 Å². The van der Waals surface area contributed by atoms with E-state index in [9.17, 15) is 0 Å².